The van der Waals surface area contributed by atoms with Gasteiger partial charge in [-0.25, -0.2) is 9.48 Å². The molecule has 0 atom stereocenters. The highest BCUT2D eigenvalue weighted by molar-refractivity contribution is 5.86. The standard InChI is InChI=1S/C8H10F3N3O2/c1-7(2,3)14-5(8(9,10)11)4(6(15)16)12-13-14/h1-3H3,(H,15,16). The number of aromatic nitrogens is 3. The summed E-state index contributed by atoms with van der Waals surface area (Å²) in [5.41, 5.74) is -3.42. The zero-order chi connectivity index (χ0) is 12.7. The Morgan fingerprint density at radius 1 is 1.31 bits per heavy atom. The Labute approximate surface area is 88.9 Å². The first kappa shape index (κ1) is 12.5. The second-order valence-electron chi connectivity index (χ2n) is 4.17. The van der Waals surface area contributed by atoms with Crippen molar-refractivity contribution >= 4 is 5.97 Å². The minimum Gasteiger partial charge on any atom is -0.476 e. The molecule has 16 heavy (non-hydrogen) atoms. The van der Waals surface area contributed by atoms with Gasteiger partial charge in [-0.3, -0.25) is 0 Å². The fraction of sp³-hybridized carbons (Fsp3) is 0.625. The quantitative estimate of drug-likeness (QED) is 0.807. The lowest BCUT2D eigenvalue weighted by Gasteiger charge is -2.22. The molecule has 0 radical (unpaired) electrons. The average Bonchev–Trinajstić information content (AvgIpc) is 2.43. The minimum atomic E-state index is -4.80. The lowest BCUT2D eigenvalue weighted by atomic mass is 10.1. The Morgan fingerprint density at radius 2 is 1.81 bits per heavy atom. The number of rotatable bonds is 1. The largest absolute Gasteiger partial charge is 0.476 e. The van der Waals surface area contributed by atoms with Gasteiger partial charge >= 0.3 is 12.1 Å². The van der Waals surface area contributed by atoms with E-state index in [9.17, 15) is 18.0 Å². The molecular formula is C8H10F3N3O2. The minimum absolute atomic E-state index is 0.566. The van der Waals surface area contributed by atoms with Crippen molar-refractivity contribution in [2.45, 2.75) is 32.5 Å². The number of nitrogens with zero attached hydrogens (tertiary/aromatic N) is 3. The van der Waals surface area contributed by atoms with Crippen molar-refractivity contribution in [2.75, 3.05) is 0 Å². The van der Waals surface area contributed by atoms with E-state index in [1.165, 1.54) is 20.8 Å². The smallest absolute Gasteiger partial charge is 0.435 e. The molecule has 0 bridgehead atoms. The summed E-state index contributed by atoms with van der Waals surface area (Å²) in [5, 5.41) is 14.9. The van der Waals surface area contributed by atoms with Crippen LogP contribution in [0.5, 0.6) is 0 Å². The number of carboxylic acids is 1. The van der Waals surface area contributed by atoms with E-state index in [0.717, 1.165) is 0 Å². The molecule has 0 saturated heterocycles. The number of hydrogen-bond acceptors (Lipinski definition) is 3. The third kappa shape index (κ3) is 2.15. The molecule has 1 aromatic rings. The molecular weight excluding hydrogens is 227 g/mol. The number of hydrogen-bond donors (Lipinski definition) is 1. The van der Waals surface area contributed by atoms with Crippen LogP contribution in [-0.4, -0.2) is 26.1 Å². The molecule has 0 spiro atoms. The summed E-state index contributed by atoms with van der Waals surface area (Å²) in [5.74, 6) is -1.75. The molecule has 1 rings (SSSR count). The summed E-state index contributed by atoms with van der Waals surface area (Å²) in [7, 11) is 0. The predicted octanol–water partition coefficient (Wildman–Crippen LogP) is 1.75. The average molecular weight is 237 g/mol. The van der Waals surface area contributed by atoms with Gasteiger partial charge in [-0.2, -0.15) is 13.2 Å². The first-order valence-electron chi connectivity index (χ1n) is 4.32. The second-order valence-corrected chi connectivity index (χ2v) is 4.17. The number of aromatic carboxylic acids is 1. The van der Waals surface area contributed by atoms with Crippen molar-refractivity contribution in [1.82, 2.24) is 15.0 Å². The van der Waals surface area contributed by atoms with Crippen molar-refractivity contribution in [3.63, 3.8) is 0 Å². The molecule has 0 fully saturated rings. The molecule has 1 heterocycles. The summed E-state index contributed by atoms with van der Waals surface area (Å²) < 4.78 is 38.6. The Balaban J connectivity index is 3.50. The monoisotopic (exact) mass is 237 g/mol. The van der Waals surface area contributed by atoms with Crippen molar-refractivity contribution in [1.29, 1.82) is 0 Å². The Bertz CT molecular complexity index is 417. The number of carbonyl (C=O) groups is 1. The third-order valence-corrected chi connectivity index (χ3v) is 1.78. The lowest BCUT2D eigenvalue weighted by molar-refractivity contribution is -0.146. The van der Waals surface area contributed by atoms with E-state index in [2.05, 4.69) is 10.3 Å². The maximum Gasteiger partial charge on any atom is 0.435 e. The Morgan fingerprint density at radius 3 is 2.12 bits per heavy atom. The van der Waals surface area contributed by atoms with E-state index in [0.29, 0.717) is 4.68 Å². The van der Waals surface area contributed by atoms with Crippen LogP contribution in [0.2, 0.25) is 0 Å². The molecule has 1 aromatic heterocycles. The molecule has 0 aliphatic heterocycles. The lowest BCUT2D eigenvalue weighted by Crippen LogP contribution is -2.29. The number of carboxylic acid groups (broad SMARTS) is 1. The van der Waals surface area contributed by atoms with Crippen molar-refractivity contribution in [2.24, 2.45) is 0 Å². The van der Waals surface area contributed by atoms with E-state index < -0.39 is 29.1 Å². The molecule has 0 aliphatic rings. The van der Waals surface area contributed by atoms with Gasteiger partial charge in [0, 0.05) is 0 Å². The second kappa shape index (κ2) is 3.46. The number of halogens is 3. The van der Waals surface area contributed by atoms with Gasteiger partial charge in [0.2, 0.25) is 5.69 Å². The molecule has 0 saturated carbocycles. The first-order valence-corrected chi connectivity index (χ1v) is 4.32. The van der Waals surface area contributed by atoms with Crippen LogP contribution in [0.25, 0.3) is 0 Å². The molecule has 0 aliphatic carbocycles. The maximum absolute atomic E-state index is 12.7. The number of alkyl halides is 3. The first-order chi connectivity index (χ1) is 7.05. The van der Waals surface area contributed by atoms with Gasteiger partial charge in [0.1, 0.15) is 0 Å². The zero-order valence-electron chi connectivity index (χ0n) is 8.83. The van der Waals surface area contributed by atoms with Gasteiger partial charge in [-0.05, 0) is 20.8 Å². The van der Waals surface area contributed by atoms with E-state index in [1.807, 2.05) is 0 Å². The van der Waals surface area contributed by atoms with E-state index in [1.54, 1.807) is 0 Å². The van der Waals surface area contributed by atoms with Gasteiger partial charge < -0.3 is 5.11 Å². The highest BCUT2D eigenvalue weighted by Gasteiger charge is 2.43. The molecule has 1 N–H and O–H groups in total. The molecule has 90 valence electrons. The summed E-state index contributed by atoms with van der Waals surface area (Å²) in [4.78, 5) is 10.6. The van der Waals surface area contributed by atoms with Gasteiger partial charge in [0.05, 0.1) is 5.54 Å². The third-order valence-electron chi connectivity index (χ3n) is 1.78. The van der Waals surface area contributed by atoms with Crippen LogP contribution in [0.1, 0.15) is 37.0 Å². The SMILES string of the molecule is CC(C)(C)n1nnc(C(=O)O)c1C(F)(F)F. The zero-order valence-corrected chi connectivity index (χ0v) is 8.83. The highest BCUT2D eigenvalue weighted by Crippen LogP contribution is 2.33. The fourth-order valence-electron chi connectivity index (χ4n) is 1.15. The summed E-state index contributed by atoms with van der Waals surface area (Å²) in [6, 6.07) is 0. The van der Waals surface area contributed by atoms with Crippen LogP contribution in [0.15, 0.2) is 0 Å². The van der Waals surface area contributed by atoms with Gasteiger partial charge in [0.15, 0.2) is 5.69 Å². The van der Waals surface area contributed by atoms with Crippen LogP contribution in [0.4, 0.5) is 13.2 Å². The molecule has 0 amide bonds. The van der Waals surface area contributed by atoms with Crippen LogP contribution < -0.4 is 0 Å². The topological polar surface area (TPSA) is 68.0 Å². The van der Waals surface area contributed by atoms with Crippen molar-refractivity contribution < 1.29 is 23.1 Å². The highest BCUT2D eigenvalue weighted by atomic mass is 19.4. The van der Waals surface area contributed by atoms with E-state index >= 15 is 0 Å². The maximum atomic E-state index is 12.7. The molecule has 0 unspecified atom stereocenters. The van der Waals surface area contributed by atoms with Crippen LogP contribution in [-0.2, 0) is 11.7 Å². The predicted molar refractivity (Wildman–Crippen MR) is 47.0 cm³/mol. The Hall–Kier alpha value is -1.60. The van der Waals surface area contributed by atoms with Gasteiger partial charge in [0.25, 0.3) is 0 Å². The fourth-order valence-corrected chi connectivity index (χ4v) is 1.15. The van der Waals surface area contributed by atoms with E-state index in [4.69, 9.17) is 5.11 Å². The van der Waals surface area contributed by atoms with Gasteiger partial charge in [-0.15, -0.1) is 5.10 Å². The van der Waals surface area contributed by atoms with Gasteiger partial charge in [-0.1, -0.05) is 5.21 Å². The molecule has 5 nitrogen and oxygen atoms in total. The van der Waals surface area contributed by atoms with Crippen LogP contribution in [0, 0.1) is 0 Å². The summed E-state index contributed by atoms with van der Waals surface area (Å²) >= 11 is 0. The molecule has 0 aromatic carbocycles. The summed E-state index contributed by atoms with van der Waals surface area (Å²) in [6.07, 6.45) is -4.80. The van der Waals surface area contributed by atoms with Crippen LogP contribution in [0.3, 0.4) is 0 Å². The van der Waals surface area contributed by atoms with Crippen LogP contribution >= 0.6 is 0 Å². The van der Waals surface area contributed by atoms with Crippen molar-refractivity contribution in [3.05, 3.63) is 11.4 Å². The molecule has 8 heteroatoms. The summed E-state index contributed by atoms with van der Waals surface area (Å²) in [6.45, 7) is 4.42. The van der Waals surface area contributed by atoms with Crippen molar-refractivity contribution in [3.8, 4) is 0 Å². The Kier molecular flexibility index (Phi) is 2.70. The van der Waals surface area contributed by atoms with E-state index in [-0.39, 0.29) is 0 Å². The normalized spacial score (nSPS) is 12.9.